The van der Waals surface area contributed by atoms with Crippen LogP contribution in [-0.2, 0) is 19.5 Å². The fourth-order valence-electron chi connectivity index (χ4n) is 2.44. The summed E-state index contributed by atoms with van der Waals surface area (Å²) in [5.74, 6) is 0.667. The molecule has 0 saturated carbocycles. The predicted octanol–water partition coefficient (Wildman–Crippen LogP) is -1.04. The third-order valence-corrected chi connectivity index (χ3v) is 4.02. The van der Waals surface area contributed by atoms with Gasteiger partial charge in [0.15, 0.2) is 23.0 Å². The zero-order valence-electron chi connectivity index (χ0n) is 10.8. The number of morpholine rings is 2. The third-order valence-electron chi connectivity index (χ3n) is 3.25. The molecular formula is C10H15ClN4O4S. The topological polar surface area (TPSA) is 92.3 Å². The Bertz CT molecular complexity index is 576. The Hall–Kier alpha value is -1.03. The molecule has 0 aromatic carbocycles. The molecule has 0 spiro atoms. The third kappa shape index (κ3) is 2.71. The molecule has 0 amide bonds. The van der Waals surface area contributed by atoms with Crippen molar-refractivity contribution < 1.29 is 17.9 Å². The summed E-state index contributed by atoms with van der Waals surface area (Å²) in [5.41, 5.74) is 0. The van der Waals surface area contributed by atoms with Crippen LogP contribution in [0, 0.1) is 0 Å². The van der Waals surface area contributed by atoms with Crippen molar-refractivity contribution in [2.75, 3.05) is 32.6 Å². The molecule has 3 aliphatic heterocycles. The maximum atomic E-state index is 11.4. The molecule has 2 unspecified atom stereocenters. The van der Waals surface area contributed by atoms with Crippen LogP contribution in [0.15, 0.2) is 16.6 Å². The van der Waals surface area contributed by atoms with Crippen molar-refractivity contribution >= 4 is 26.9 Å². The second-order valence-corrected chi connectivity index (χ2v) is 6.92. The van der Waals surface area contributed by atoms with Gasteiger partial charge < -0.3 is 14.8 Å². The molecule has 2 fully saturated rings. The molecule has 0 aromatic rings. The number of nitrogens with one attached hydrogen (secondary N) is 2. The summed E-state index contributed by atoms with van der Waals surface area (Å²) in [5, 5.41) is 2.82. The number of halogens is 1. The SMILES string of the molecule is CS(=O)(=O)NC1=C2OCC3COCCN3C2N=C(Cl)N1. The smallest absolute Gasteiger partial charge is 0.231 e. The molecule has 10 heteroatoms. The number of rotatable bonds is 2. The standard InChI is InChI=1S/C10H15ClN4O4S/c1-20(16,17)14-8-7-9(13-10(11)12-8)15-2-3-18-4-6(15)5-19-7/h6,9,14H,2-5H2,1H3,(H,12,13). The number of fused-ring (bicyclic) bond motifs is 3. The number of aliphatic imine (C=N–C) groups is 1. The average Bonchev–Trinajstić information content (AvgIpc) is 2.36. The maximum absolute atomic E-state index is 11.4. The summed E-state index contributed by atoms with van der Waals surface area (Å²) in [7, 11) is -3.43. The first kappa shape index (κ1) is 13.9. The van der Waals surface area contributed by atoms with Gasteiger partial charge in [-0.2, -0.15) is 0 Å². The Morgan fingerprint density at radius 2 is 2.30 bits per heavy atom. The van der Waals surface area contributed by atoms with Gasteiger partial charge in [0.2, 0.25) is 10.0 Å². The summed E-state index contributed by atoms with van der Waals surface area (Å²) in [6.45, 7) is 2.30. The lowest BCUT2D eigenvalue weighted by molar-refractivity contribution is -0.0849. The summed E-state index contributed by atoms with van der Waals surface area (Å²) in [4.78, 5) is 6.40. The van der Waals surface area contributed by atoms with Crippen molar-refractivity contribution in [3.63, 3.8) is 0 Å². The van der Waals surface area contributed by atoms with E-state index in [-0.39, 0.29) is 17.2 Å². The molecule has 0 aromatic heterocycles. The minimum Gasteiger partial charge on any atom is -0.489 e. The molecule has 2 N–H and O–H groups in total. The molecule has 3 heterocycles. The van der Waals surface area contributed by atoms with Crippen LogP contribution in [0.3, 0.4) is 0 Å². The Morgan fingerprint density at radius 3 is 3.05 bits per heavy atom. The second kappa shape index (κ2) is 5.06. The van der Waals surface area contributed by atoms with Gasteiger partial charge in [-0.3, -0.25) is 9.62 Å². The Kier molecular flexibility index (Phi) is 3.53. The van der Waals surface area contributed by atoms with E-state index in [1.807, 2.05) is 0 Å². The van der Waals surface area contributed by atoms with Gasteiger partial charge in [0.05, 0.1) is 25.5 Å². The van der Waals surface area contributed by atoms with Crippen LogP contribution in [0.1, 0.15) is 0 Å². The van der Waals surface area contributed by atoms with E-state index in [4.69, 9.17) is 21.1 Å². The molecule has 2 atom stereocenters. The Balaban J connectivity index is 1.93. The van der Waals surface area contributed by atoms with E-state index in [1.165, 1.54) is 0 Å². The van der Waals surface area contributed by atoms with Gasteiger partial charge in [-0.15, -0.1) is 0 Å². The fourth-order valence-corrected chi connectivity index (χ4v) is 3.15. The van der Waals surface area contributed by atoms with E-state index in [0.29, 0.717) is 32.1 Å². The minimum absolute atomic E-state index is 0.100. The molecule has 2 saturated heterocycles. The van der Waals surface area contributed by atoms with Crippen LogP contribution in [0.2, 0.25) is 0 Å². The van der Waals surface area contributed by atoms with Crippen molar-refractivity contribution in [3.05, 3.63) is 11.6 Å². The first-order chi connectivity index (χ1) is 9.44. The molecule has 112 valence electrons. The van der Waals surface area contributed by atoms with E-state index in [1.54, 1.807) is 0 Å². The van der Waals surface area contributed by atoms with Crippen LogP contribution in [0.25, 0.3) is 0 Å². The largest absolute Gasteiger partial charge is 0.489 e. The number of sulfonamides is 1. The van der Waals surface area contributed by atoms with Crippen LogP contribution >= 0.6 is 11.6 Å². The van der Waals surface area contributed by atoms with Crippen LogP contribution in [0.5, 0.6) is 0 Å². The molecular weight excluding hydrogens is 308 g/mol. The van der Waals surface area contributed by atoms with Crippen molar-refractivity contribution in [1.29, 1.82) is 0 Å². The first-order valence-electron chi connectivity index (χ1n) is 6.12. The van der Waals surface area contributed by atoms with Gasteiger partial charge in [-0.25, -0.2) is 13.4 Å². The van der Waals surface area contributed by atoms with Crippen LogP contribution in [-0.4, -0.2) is 63.4 Å². The predicted molar refractivity (Wildman–Crippen MR) is 72.5 cm³/mol. The number of ether oxygens (including phenoxy) is 2. The quantitative estimate of drug-likeness (QED) is 0.631. The minimum atomic E-state index is -3.43. The van der Waals surface area contributed by atoms with Crippen molar-refractivity contribution in [3.8, 4) is 0 Å². The monoisotopic (exact) mass is 322 g/mol. The highest BCUT2D eigenvalue weighted by Crippen LogP contribution is 2.28. The highest BCUT2D eigenvalue weighted by Gasteiger charge is 2.41. The van der Waals surface area contributed by atoms with E-state index >= 15 is 0 Å². The van der Waals surface area contributed by atoms with Crippen molar-refractivity contribution in [2.24, 2.45) is 4.99 Å². The van der Waals surface area contributed by atoms with Gasteiger partial charge in [-0.05, 0) is 11.6 Å². The molecule has 3 aliphatic rings. The summed E-state index contributed by atoms with van der Waals surface area (Å²) < 4.78 is 36.3. The average molecular weight is 323 g/mol. The molecule has 8 nitrogen and oxygen atoms in total. The van der Waals surface area contributed by atoms with Crippen LogP contribution < -0.4 is 10.0 Å². The van der Waals surface area contributed by atoms with Crippen LogP contribution in [0.4, 0.5) is 0 Å². The lowest BCUT2D eigenvalue weighted by atomic mass is 10.1. The first-order valence-corrected chi connectivity index (χ1v) is 8.39. The molecule has 3 rings (SSSR count). The molecule has 20 heavy (non-hydrogen) atoms. The maximum Gasteiger partial charge on any atom is 0.231 e. The van der Waals surface area contributed by atoms with Gasteiger partial charge >= 0.3 is 0 Å². The van der Waals surface area contributed by atoms with E-state index < -0.39 is 16.2 Å². The van der Waals surface area contributed by atoms with Gasteiger partial charge in [0.25, 0.3) is 0 Å². The van der Waals surface area contributed by atoms with Crippen molar-refractivity contribution in [2.45, 2.75) is 12.2 Å². The molecule has 0 bridgehead atoms. The van der Waals surface area contributed by atoms with Crippen molar-refractivity contribution in [1.82, 2.24) is 14.9 Å². The number of hydrogen-bond acceptors (Lipinski definition) is 7. The fraction of sp³-hybridized carbons (Fsp3) is 0.700. The lowest BCUT2D eigenvalue weighted by Gasteiger charge is -2.45. The van der Waals surface area contributed by atoms with E-state index in [9.17, 15) is 8.42 Å². The molecule has 0 aliphatic carbocycles. The zero-order valence-corrected chi connectivity index (χ0v) is 12.4. The number of amidine groups is 1. The Labute approximate surface area is 121 Å². The highest BCUT2D eigenvalue weighted by molar-refractivity contribution is 7.88. The van der Waals surface area contributed by atoms with E-state index in [2.05, 4.69) is 19.9 Å². The summed E-state index contributed by atoms with van der Waals surface area (Å²) in [6.07, 6.45) is 0.646. The second-order valence-electron chi connectivity index (χ2n) is 4.81. The molecule has 0 radical (unpaired) electrons. The Morgan fingerprint density at radius 1 is 1.50 bits per heavy atom. The van der Waals surface area contributed by atoms with E-state index in [0.717, 1.165) is 6.26 Å². The van der Waals surface area contributed by atoms with Gasteiger partial charge in [0.1, 0.15) is 6.61 Å². The van der Waals surface area contributed by atoms with Gasteiger partial charge in [-0.1, -0.05) is 0 Å². The van der Waals surface area contributed by atoms with Gasteiger partial charge in [0, 0.05) is 6.54 Å². The number of hydrogen-bond donors (Lipinski definition) is 2. The summed E-state index contributed by atoms with van der Waals surface area (Å²) in [6, 6.07) is 0.100. The number of nitrogens with zero attached hydrogens (tertiary/aromatic N) is 2. The zero-order chi connectivity index (χ0) is 14.3. The normalized spacial score (nSPS) is 30.6. The highest BCUT2D eigenvalue weighted by atomic mass is 35.5. The lowest BCUT2D eigenvalue weighted by Crippen LogP contribution is -2.58. The summed E-state index contributed by atoms with van der Waals surface area (Å²) >= 11 is 5.95.